The summed E-state index contributed by atoms with van der Waals surface area (Å²) >= 11 is 4.25. The summed E-state index contributed by atoms with van der Waals surface area (Å²) in [6, 6.07) is 0. The van der Waals surface area contributed by atoms with Gasteiger partial charge in [-0.05, 0) is 0 Å². The Morgan fingerprint density at radius 3 is 2.20 bits per heavy atom. The van der Waals surface area contributed by atoms with Gasteiger partial charge in [-0.3, -0.25) is 0 Å². The smallest absolute Gasteiger partial charge is 0.109 e. The van der Waals surface area contributed by atoms with Crippen LogP contribution in [0.25, 0.3) is 0 Å². The molecule has 0 bridgehead atoms. The van der Waals surface area contributed by atoms with Crippen molar-refractivity contribution in [2.24, 2.45) is 0 Å². The largest absolute Gasteiger partial charge is 0.471 e. The minimum atomic E-state index is 1.01. The van der Waals surface area contributed by atoms with Gasteiger partial charge in [0.2, 0.25) is 0 Å². The number of rotatable bonds is 0. The van der Waals surface area contributed by atoms with Gasteiger partial charge in [-0.1, -0.05) is 0 Å². The maximum atomic E-state index is 7.72. The Bertz CT molecular complexity index is 80.1. The highest BCUT2D eigenvalue weighted by molar-refractivity contribution is 7.44. The van der Waals surface area contributed by atoms with Crippen molar-refractivity contribution in [3.8, 4) is 6.19 Å². The molecule has 0 aromatic rings. The number of hydrogen-bond acceptors (Lipinski definition) is 2. The number of hydrogen-bond donors (Lipinski definition) is 0. The Balaban J connectivity index is 3.35. The molecule has 5 heavy (non-hydrogen) atoms. The van der Waals surface area contributed by atoms with Crippen LogP contribution in [0.3, 0.4) is 0 Å². The molecule has 0 heterocycles. The molecule has 0 rings (SSSR count). The molecule has 26 valence electrons. The van der Waals surface area contributed by atoms with Crippen molar-refractivity contribution >= 4 is 12.4 Å². The van der Waals surface area contributed by atoms with Gasteiger partial charge >= 0.3 is 6.19 Å². The third-order valence-corrected chi connectivity index (χ3v) is 0.222. The summed E-state index contributed by atoms with van der Waals surface area (Å²) in [5.41, 5.74) is 0. The number of nitrogens with zero attached hydrogens (tertiary/aromatic N) is 2. The molecule has 0 amide bonds. The lowest BCUT2D eigenvalue weighted by atomic mass is 11.2. The monoisotopic (exact) mass is 87.0 g/mol. The molecule has 0 unspecified atom stereocenters. The zero-order valence-corrected chi connectivity index (χ0v) is 3.62. The predicted molar refractivity (Wildman–Crippen MR) is 19.2 cm³/mol. The van der Waals surface area contributed by atoms with Gasteiger partial charge in [-0.25, -0.2) is 0 Å². The molecule has 0 aliphatic carbocycles. The van der Waals surface area contributed by atoms with Crippen LogP contribution in [-0.2, 0) is 12.4 Å². The molecule has 3 heteroatoms. The highest BCUT2D eigenvalue weighted by atomic mass is 32.1. The SMILES string of the molecule is C[N+](=S)C#N. The van der Waals surface area contributed by atoms with E-state index < -0.39 is 0 Å². The summed E-state index contributed by atoms with van der Waals surface area (Å²) in [6.45, 7) is 0. The van der Waals surface area contributed by atoms with E-state index in [0.717, 1.165) is 3.95 Å². The summed E-state index contributed by atoms with van der Waals surface area (Å²) in [4.78, 5) is 0. The second-order valence-corrected chi connectivity index (χ2v) is 1.15. The van der Waals surface area contributed by atoms with Gasteiger partial charge in [0.25, 0.3) is 0 Å². The average Bonchev–Trinajstić information content (AvgIpc) is 1.38. The fraction of sp³-hybridized carbons (Fsp3) is 0.500. The molecule has 0 aliphatic rings. The van der Waals surface area contributed by atoms with Crippen LogP contribution in [0.5, 0.6) is 0 Å². The van der Waals surface area contributed by atoms with Gasteiger partial charge < -0.3 is 0 Å². The van der Waals surface area contributed by atoms with Crippen LogP contribution in [0.4, 0.5) is 0 Å². The van der Waals surface area contributed by atoms with Crippen molar-refractivity contribution in [3.63, 3.8) is 0 Å². The van der Waals surface area contributed by atoms with Crippen LogP contribution in [0.1, 0.15) is 0 Å². The summed E-state index contributed by atoms with van der Waals surface area (Å²) < 4.78 is 1.01. The van der Waals surface area contributed by atoms with Crippen molar-refractivity contribution in [1.29, 1.82) is 5.26 Å². The molecule has 0 aromatic heterocycles. The quantitative estimate of drug-likeness (QED) is 0.233. The van der Waals surface area contributed by atoms with Gasteiger partial charge in [0.05, 0.1) is 0 Å². The highest BCUT2D eigenvalue weighted by Crippen LogP contribution is 1.44. The minimum Gasteiger partial charge on any atom is -0.109 e. The lowest BCUT2D eigenvalue weighted by Crippen LogP contribution is -1.83. The van der Waals surface area contributed by atoms with Crippen molar-refractivity contribution in [2.75, 3.05) is 7.05 Å². The van der Waals surface area contributed by atoms with E-state index in [1.807, 2.05) is 0 Å². The van der Waals surface area contributed by atoms with Crippen LogP contribution in [-0.4, -0.2) is 11.0 Å². The lowest BCUT2D eigenvalue weighted by molar-refractivity contribution is -0.368. The fourth-order valence-corrected chi connectivity index (χ4v) is 0. The third-order valence-electron chi connectivity index (χ3n) is 0.141. The molecule has 0 saturated carbocycles. The molecule has 0 N–H and O–H groups in total. The Morgan fingerprint density at radius 2 is 2.20 bits per heavy atom. The first-order chi connectivity index (χ1) is 2.27. The molecule has 0 radical (unpaired) electrons. The molecule has 0 fully saturated rings. The van der Waals surface area contributed by atoms with Gasteiger partial charge in [0.1, 0.15) is 7.05 Å². The molecule has 2 nitrogen and oxygen atoms in total. The van der Waals surface area contributed by atoms with E-state index >= 15 is 0 Å². The predicted octanol–water partition coefficient (Wildman–Crippen LogP) is -0.160. The highest BCUT2D eigenvalue weighted by Gasteiger charge is 1.75. The zero-order chi connectivity index (χ0) is 4.28. The van der Waals surface area contributed by atoms with E-state index in [1.54, 1.807) is 6.19 Å². The van der Waals surface area contributed by atoms with Crippen molar-refractivity contribution in [2.45, 2.75) is 0 Å². The lowest BCUT2D eigenvalue weighted by Gasteiger charge is -1.55. The number of nitriles is 1. The molecule has 0 aliphatic heterocycles. The summed E-state index contributed by atoms with van der Waals surface area (Å²) in [6.07, 6.45) is 1.68. The Hall–Kier alpha value is -0.490. The molecule has 0 aromatic carbocycles. The summed E-state index contributed by atoms with van der Waals surface area (Å²) in [7, 11) is 1.51. The fourth-order valence-electron chi connectivity index (χ4n) is 0. The van der Waals surface area contributed by atoms with Gasteiger partial charge in [0.15, 0.2) is 17.7 Å². The molecular weight excluding hydrogens is 84.1 g/mol. The molecule has 0 saturated heterocycles. The van der Waals surface area contributed by atoms with Crippen LogP contribution in [0.15, 0.2) is 0 Å². The normalized spacial score (nSPS) is 5.60. The third kappa shape index (κ3) is 3.51. The minimum absolute atomic E-state index is 1.01. The van der Waals surface area contributed by atoms with Crippen LogP contribution in [0, 0.1) is 11.5 Å². The van der Waals surface area contributed by atoms with E-state index in [4.69, 9.17) is 5.26 Å². The van der Waals surface area contributed by atoms with Crippen LogP contribution >= 0.6 is 0 Å². The second-order valence-electron chi connectivity index (χ2n) is 0.597. The van der Waals surface area contributed by atoms with Crippen LogP contribution in [0.2, 0.25) is 0 Å². The Kier molecular flexibility index (Phi) is 1.62. The van der Waals surface area contributed by atoms with Crippen LogP contribution < -0.4 is 0 Å². The average molecular weight is 87.1 g/mol. The summed E-state index contributed by atoms with van der Waals surface area (Å²) in [5.74, 6) is 0. The van der Waals surface area contributed by atoms with Gasteiger partial charge in [-0.15, -0.1) is 3.95 Å². The van der Waals surface area contributed by atoms with E-state index in [9.17, 15) is 0 Å². The second kappa shape index (κ2) is 1.79. The molecule has 0 spiro atoms. The first kappa shape index (κ1) is 4.51. The summed E-state index contributed by atoms with van der Waals surface area (Å²) in [5, 5.41) is 7.72. The van der Waals surface area contributed by atoms with Gasteiger partial charge in [-0.2, -0.15) is 0 Å². The van der Waals surface area contributed by atoms with E-state index in [0.29, 0.717) is 0 Å². The molecular formula is C2H3N2S+. The Labute approximate surface area is 35.8 Å². The first-order valence-electron chi connectivity index (χ1n) is 1.08. The zero-order valence-electron chi connectivity index (χ0n) is 2.80. The topological polar surface area (TPSA) is 26.8 Å². The van der Waals surface area contributed by atoms with Crippen molar-refractivity contribution in [1.82, 2.24) is 0 Å². The maximum absolute atomic E-state index is 7.72. The maximum Gasteiger partial charge on any atom is 0.471 e. The Morgan fingerprint density at radius 1 is 2.00 bits per heavy atom. The standard InChI is InChI=1S/C2H3N2S/c1-4(5)2-3/h1H3/q+1. The molecule has 0 atom stereocenters. The van der Waals surface area contributed by atoms with E-state index in [1.165, 1.54) is 7.05 Å². The van der Waals surface area contributed by atoms with E-state index in [-0.39, 0.29) is 0 Å². The van der Waals surface area contributed by atoms with Gasteiger partial charge in [0, 0.05) is 0 Å². The first-order valence-corrected chi connectivity index (χ1v) is 1.44. The van der Waals surface area contributed by atoms with Crippen molar-refractivity contribution < 1.29 is 3.95 Å². The van der Waals surface area contributed by atoms with E-state index in [2.05, 4.69) is 12.4 Å². The van der Waals surface area contributed by atoms with Crippen molar-refractivity contribution in [3.05, 3.63) is 0 Å².